The fraction of sp³-hybridized carbons (Fsp3) is 0.581. The molecule has 4 saturated carbocycles. The van der Waals surface area contributed by atoms with Crippen LogP contribution in [0.4, 0.5) is 22.7 Å². The zero-order chi connectivity index (χ0) is 31.0. The smallest absolute Gasteiger partial charge is 0.252 e. The van der Waals surface area contributed by atoms with E-state index in [4.69, 9.17) is 0 Å². The topological polar surface area (TPSA) is 6.48 Å². The second-order valence-electron chi connectivity index (χ2n) is 18.1. The third-order valence-electron chi connectivity index (χ3n) is 17.0. The lowest BCUT2D eigenvalue weighted by Gasteiger charge is -2.60. The van der Waals surface area contributed by atoms with E-state index >= 15 is 0 Å². The molecule has 2 nitrogen and oxygen atoms in total. The number of hydrogen-bond acceptors (Lipinski definition) is 2. The molecule has 4 heterocycles. The fourth-order valence-electron chi connectivity index (χ4n) is 14.8. The highest BCUT2D eigenvalue weighted by molar-refractivity contribution is 7.00. The van der Waals surface area contributed by atoms with Gasteiger partial charge in [-0.15, -0.1) is 0 Å². The molecule has 4 aliphatic carbocycles. The van der Waals surface area contributed by atoms with E-state index in [0.29, 0.717) is 6.71 Å². The number of rotatable bonds is 0. The van der Waals surface area contributed by atoms with Crippen molar-refractivity contribution in [2.45, 2.75) is 134 Å². The number of benzene rings is 3. The van der Waals surface area contributed by atoms with E-state index in [-0.39, 0.29) is 21.9 Å². The van der Waals surface area contributed by atoms with Crippen molar-refractivity contribution in [3.05, 3.63) is 65.2 Å². The minimum atomic E-state index is 0.0977. The van der Waals surface area contributed by atoms with Crippen LogP contribution in [0.2, 0.25) is 0 Å². The van der Waals surface area contributed by atoms with E-state index in [0.717, 1.165) is 23.7 Å². The molecule has 0 spiro atoms. The minimum Gasteiger partial charge on any atom is -0.335 e. The summed E-state index contributed by atoms with van der Waals surface area (Å²) in [6.45, 7) is 13.6. The first-order chi connectivity index (χ1) is 22.2. The second kappa shape index (κ2) is 8.48. The molecule has 8 atom stereocenters. The van der Waals surface area contributed by atoms with Crippen molar-refractivity contribution in [2.24, 2.45) is 23.7 Å². The van der Waals surface area contributed by atoms with Crippen molar-refractivity contribution >= 4 is 45.9 Å². The highest BCUT2D eigenvalue weighted by Crippen LogP contribution is 2.69. The number of para-hydroxylation sites is 1. The van der Waals surface area contributed by atoms with Crippen molar-refractivity contribution in [3.63, 3.8) is 0 Å². The van der Waals surface area contributed by atoms with Gasteiger partial charge in [0.1, 0.15) is 0 Å². The SMILES string of the molecule is Cc1ccc2c3c1C1(C)C4CCCCC4CCC1(C)N3c1cccc3c1B2c1cccc2c1N3C1(C)CCC3CCCCC3C21C. The van der Waals surface area contributed by atoms with Crippen molar-refractivity contribution in [2.75, 3.05) is 9.80 Å². The summed E-state index contributed by atoms with van der Waals surface area (Å²) >= 11 is 0. The van der Waals surface area contributed by atoms with Crippen LogP contribution in [0.3, 0.4) is 0 Å². The van der Waals surface area contributed by atoms with E-state index in [2.05, 4.69) is 92.9 Å². The Hall–Kier alpha value is -2.68. The van der Waals surface area contributed by atoms with Crippen molar-refractivity contribution in [1.82, 2.24) is 0 Å². The molecule has 0 saturated heterocycles. The maximum absolute atomic E-state index is 2.97. The van der Waals surface area contributed by atoms with Gasteiger partial charge < -0.3 is 9.80 Å². The second-order valence-corrected chi connectivity index (χ2v) is 18.1. The zero-order valence-corrected chi connectivity index (χ0v) is 28.9. The van der Waals surface area contributed by atoms with Gasteiger partial charge in [-0.2, -0.15) is 0 Å². The lowest BCUT2D eigenvalue weighted by atomic mass is 9.33. The average molecular weight is 607 g/mol. The maximum atomic E-state index is 2.97. The van der Waals surface area contributed by atoms with Crippen LogP contribution in [0.15, 0.2) is 48.5 Å². The lowest BCUT2D eigenvalue weighted by molar-refractivity contribution is 0.0316. The molecule has 46 heavy (non-hydrogen) atoms. The predicted molar refractivity (Wildman–Crippen MR) is 194 cm³/mol. The monoisotopic (exact) mass is 606 g/mol. The van der Waals surface area contributed by atoms with Gasteiger partial charge >= 0.3 is 0 Å². The van der Waals surface area contributed by atoms with Crippen LogP contribution >= 0.6 is 0 Å². The van der Waals surface area contributed by atoms with Crippen LogP contribution in [0.1, 0.15) is 121 Å². The van der Waals surface area contributed by atoms with Crippen LogP contribution in [-0.2, 0) is 10.8 Å². The fourth-order valence-corrected chi connectivity index (χ4v) is 14.8. The van der Waals surface area contributed by atoms with E-state index in [1.54, 1.807) is 38.9 Å². The molecule has 4 fully saturated rings. The Labute approximate surface area is 277 Å². The molecule has 236 valence electrons. The van der Waals surface area contributed by atoms with Crippen LogP contribution in [0.25, 0.3) is 0 Å². The van der Waals surface area contributed by atoms with E-state index in [9.17, 15) is 0 Å². The van der Waals surface area contributed by atoms with Crippen molar-refractivity contribution in [1.29, 1.82) is 0 Å². The van der Waals surface area contributed by atoms with Gasteiger partial charge in [0, 0.05) is 33.6 Å². The number of anilines is 4. The molecule has 8 unspecified atom stereocenters. The summed E-state index contributed by atoms with van der Waals surface area (Å²) in [5.41, 5.74) is 16.5. The quantitative estimate of drug-likeness (QED) is 0.236. The third kappa shape index (κ3) is 2.68. The number of fused-ring (bicyclic) bond motifs is 14. The third-order valence-corrected chi connectivity index (χ3v) is 17.0. The van der Waals surface area contributed by atoms with Gasteiger partial charge in [0.2, 0.25) is 0 Å². The molecule has 3 heteroatoms. The predicted octanol–water partition coefficient (Wildman–Crippen LogP) is 8.67. The van der Waals surface area contributed by atoms with Crippen LogP contribution in [0, 0.1) is 30.6 Å². The summed E-state index contributed by atoms with van der Waals surface area (Å²) in [5.74, 6) is 3.35. The molecule has 3 aromatic carbocycles. The molecule has 0 amide bonds. The first-order valence-corrected chi connectivity index (χ1v) is 19.3. The number of hydrogen-bond donors (Lipinski definition) is 0. The normalized spacial score (nSPS) is 40.3. The molecule has 11 rings (SSSR count). The van der Waals surface area contributed by atoms with Crippen LogP contribution < -0.4 is 26.2 Å². The molecular weight excluding hydrogens is 555 g/mol. The summed E-state index contributed by atoms with van der Waals surface area (Å²) in [6, 6.07) is 20.2. The molecular formula is C43H51BN2. The summed E-state index contributed by atoms with van der Waals surface area (Å²) in [4.78, 5) is 5.92. The lowest BCUT2D eigenvalue weighted by Crippen LogP contribution is -2.68. The average Bonchev–Trinajstić information content (AvgIpc) is 3.43. The largest absolute Gasteiger partial charge is 0.335 e. The van der Waals surface area contributed by atoms with Gasteiger partial charge in [-0.05, 0) is 128 Å². The molecule has 3 aromatic rings. The first kappa shape index (κ1) is 27.3. The standard InChI is InChI=1S/C43H51BN2/c1-26-20-21-33-39-36(26)43(5)30-15-9-7-13-28(30)23-25-41(43,3)46(39)35-19-11-18-34-37(35)44(33)32-17-10-16-31-38(32)45(34)40(2)24-22-27-12-6-8-14-29(27)42(31,40)4/h10-11,16-21,27-30H,6-9,12-15,22-25H2,1-5H3. The molecule has 0 bridgehead atoms. The van der Waals surface area contributed by atoms with Crippen molar-refractivity contribution in [3.8, 4) is 0 Å². The van der Waals surface area contributed by atoms with Gasteiger partial charge in [-0.1, -0.05) is 88.8 Å². The maximum Gasteiger partial charge on any atom is 0.252 e. The molecule has 4 aliphatic heterocycles. The molecule has 8 aliphatic rings. The summed E-state index contributed by atoms with van der Waals surface area (Å²) in [6.07, 6.45) is 16.8. The first-order valence-electron chi connectivity index (χ1n) is 19.3. The Morgan fingerprint density at radius 2 is 1.17 bits per heavy atom. The Kier molecular flexibility index (Phi) is 5.03. The molecule has 0 N–H and O–H groups in total. The summed E-state index contributed by atoms with van der Waals surface area (Å²) in [7, 11) is 0. The van der Waals surface area contributed by atoms with Crippen molar-refractivity contribution < 1.29 is 0 Å². The minimum absolute atomic E-state index is 0.0977. The van der Waals surface area contributed by atoms with Gasteiger partial charge in [-0.3, -0.25) is 0 Å². The van der Waals surface area contributed by atoms with E-state index in [1.165, 1.54) is 94.0 Å². The van der Waals surface area contributed by atoms with E-state index in [1.807, 2.05) is 0 Å². The Balaban J connectivity index is 1.21. The zero-order valence-electron chi connectivity index (χ0n) is 28.9. The number of nitrogens with zero attached hydrogens (tertiary/aromatic N) is 2. The van der Waals surface area contributed by atoms with Crippen LogP contribution in [-0.4, -0.2) is 17.8 Å². The van der Waals surface area contributed by atoms with Gasteiger partial charge in [0.25, 0.3) is 6.71 Å². The van der Waals surface area contributed by atoms with Gasteiger partial charge in [-0.25, -0.2) is 0 Å². The molecule has 0 aromatic heterocycles. The Morgan fingerprint density at radius 3 is 1.87 bits per heavy atom. The van der Waals surface area contributed by atoms with E-state index < -0.39 is 0 Å². The van der Waals surface area contributed by atoms with Crippen LogP contribution in [0.5, 0.6) is 0 Å². The highest BCUT2D eigenvalue weighted by atomic mass is 15.3. The Morgan fingerprint density at radius 1 is 0.609 bits per heavy atom. The number of aryl methyl sites for hydroxylation is 1. The summed E-state index contributed by atoms with van der Waals surface area (Å²) < 4.78 is 0. The highest BCUT2D eigenvalue weighted by Gasteiger charge is 2.69. The summed E-state index contributed by atoms with van der Waals surface area (Å²) in [5, 5.41) is 0. The molecule has 0 radical (unpaired) electrons. The van der Waals surface area contributed by atoms with Gasteiger partial charge in [0.05, 0.1) is 11.1 Å². The Bertz CT molecular complexity index is 1860. The van der Waals surface area contributed by atoms with Gasteiger partial charge in [0.15, 0.2) is 0 Å².